The van der Waals surface area contributed by atoms with Gasteiger partial charge in [-0.25, -0.2) is 8.42 Å². The maximum Gasteiger partial charge on any atom is 0.238 e. The molecule has 0 amide bonds. The van der Waals surface area contributed by atoms with Crippen molar-refractivity contribution >= 4 is 19.7 Å². The zero-order valence-electron chi connectivity index (χ0n) is 10.9. The number of fused-ring (bicyclic) bond motifs is 1. The number of hydrogen-bond donors (Lipinski definition) is 0. The van der Waals surface area contributed by atoms with Crippen molar-refractivity contribution in [2.75, 3.05) is 0 Å². The first-order chi connectivity index (χ1) is 8.17. The fourth-order valence-corrected chi connectivity index (χ4v) is 3.34. The van der Waals surface area contributed by atoms with E-state index in [0.717, 1.165) is 30.6 Å². The Morgan fingerprint density at radius 1 is 1.44 bits per heavy atom. The molecule has 0 fully saturated rings. The van der Waals surface area contributed by atoms with Gasteiger partial charge in [-0.2, -0.15) is 0 Å². The maximum absolute atomic E-state index is 11.1. The lowest BCUT2D eigenvalue weighted by atomic mass is 9.72. The Bertz CT molecular complexity index is 542. The summed E-state index contributed by atoms with van der Waals surface area (Å²) in [5.74, 6) is 1.09. The number of rotatable bonds is 2. The van der Waals surface area contributed by atoms with Crippen molar-refractivity contribution in [2.24, 2.45) is 11.3 Å². The normalized spacial score (nSPS) is 20.8. The molecule has 0 spiro atoms. The van der Waals surface area contributed by atoms with Crippen LogP contribution in [0.5, 0.6) is 0 Å². The van der Waals surface area contributed by atoms with Crippen LogP contribution in [-0.2, 0) is 27.6 Å². The molecule has 0 aliphatic heterocycles. The Morgan fingerprint density at radius 2 is 2.11 bits per heavy atom. The molecule has 0 radical (unpaired) electrons. The molecule has 1 aliphatic rings. The van der Waals surface area contributed by atoms with Crippen LogP contribution in [0.4, 0.5) is 0 Å². The van der Waals surface area contributed by atoms with Crippen LogP contribution in [0.1, 0.15) is 44.2 Å². The number of halogens is 1. The molecule has 102 valence electrons. The van der Waals surface area contributed by atoms with Crippen LogP contribution < -0.4 is 0 Å². The molecule has 1 aliphatic carbocycles. The molecular formula is C12H18ClNO3S. The lowest BCUT2D eigenvalue weighted by Gasteiger charge is -2.33. The molecule has 1 atom stereocenters. The minimum Gasteiger partial charge on any atom is -0.361 e. The van der Waals surface area contributed by atoms with Gasteiger partial charge in [0.1, 0.15) is 17.2 Å². The van der Waals surface area contributed by atoms with Crippen LogP contribution in [0.3, 0.4) is 0 Å². The summed E-state index contributed by atoms with van der Waals surface area (Å²) < 4.78 is 27.5. The summed E-state index contributed by atoms with van der Waals surface area (Å²) in [6.45, 7) is 6.61. The van der Waals surface area contributed by atoms with Gasteiger partial charge in [-0.15, -0.1) is 0 Å². The number of hydrogen-bond acceptors (Lipinski definition) is 4. The van der Waals surface area contributed by atoms with Crippen molar-refractivity contribution in [3.63, 3.8) is 0 Å². The van der Waals surface area contributed by atoms with E-state index >= 15 is 0 Å². The molecule has 1 unspecified atom stereocenters. The topological polar surface area (TPSA) is 60.2 Å². The molecule has 1 heterocycles. The van der Waals surface area contributed by atoms with Gasteiger partial charge in [0.25, 0.3) is 0 Å². The lowest BCUT2D eigenvalue weighted by molar-refractivity contribution is 0.206. The van der Waals surface area contributed by atoms with Gasteiger partial charge in [-0.05, 0) is 24.2 Å². The molecule has 6 heteroatoms. The summed E-state index contributed by atoms with van der Waals surface area (Å²) in [7, 11) is 1.70. The van der Waals surface area contributed by atoms with E-state index in [9.17, 15) is 8.42 Å². The highest BCUT2D eigenvalue weighted by molar-refractivity contribution is 8.13. The summed E-state index contributed by atoms with van der Waals surface area (Å²) in [5.41, 5.74) is 1.63. The monoisotopic (exact) mass is 291 g/mol. The van der Waals surface area contributed by atoms with Gasteiger partial charge in [0.15, 0.2) is 0 Å². The van der Waals surface area contributed by atoms with Crippen LogP contribution >= 0.6 is 10.7 Å². The Balaban J connectivity index is 2.27. The predicted molar refractivity (Wildman–Crippen MR) is 69.9 cm³/mol. The highest BCUT2D eigenvalue weighted by Crippen LogP contribution is 2.38. The van der Waals surface area contributed by atoms with Crippen molar-refractivity contribution < 1.29 is 12.9 Å². The molecule has 0 saturated heterocycles. The van der Waals surface area contributed by atoms with E-state index in [1.165, 1.54) is 0 Å². The van der Waals surface area contributed by atoms with Crippen molar-refractivity contribution in [1.29, 1.82) is 0 Å². The first-order valence-corrected chi connectivity index (χ1v) is 8.53. The first kappa shape index (κ1) is 13.9. The van der Waals surface area contributed by atoms with Crippen LogP contribution in [-0.4, -0.2) is 13.6 Å². The minimum atomic E-state index is -3.58. The third-order valence-electron chi connectivity index (χ3n) is 3.66. The molecular weight excluding hydrogens is 274 g/mol. The SMILES string of the molecule is CC(C)(C)C1CCc2onc(CS(=O)(=O)Cl)c2C1. The summed E-state index contributed by atoms with van der Waals surface area (Å²) in [5, 5.41) is 3.86. The third kappa shape index (κ3) is 3.06. The summed E-state index contributed by atoms with van der Waals surface area (Å²) >= 11 is 0. The second kappa shape index (κ2) is 4.53. The predicted octanol–water partition coefficient (Wildman–Crippen LogP) is 2.89. The van der Waals surface area contributed by atoms with Crippen molar-refractivity contribution in [3.8, 4) is 0 Å². The Kier molecular flexibility index (Phi) is 3.49. The summed E-state index contributed by atoms with van der Waals surface area (Å²) in [6.07, 6.45) is 2.70. The van der Waals surface area contributed by atoms with Crippen molar-refractivity contribution in [3.05, 3.63) is 17.0 Å². The second-order valence-corrected chi connectivity index (χ2v) is 8.80. The molecule has 4 nitrogen and oxygen atoms in total. The molecule has 0 saturated carbocycles. The minimum absolute atomic E-state index is 0.200. The van der Waals surface area contributed by atoms with E-state index in [2.05, 4.69) is 25.9 Å². The molecule has 0 N–H and O–H groups in total. The second-order valence-electron chi connectivity index (χ2n) is 6.02. The highest BCUT2D eigenvalue weighted by atomic mass is 35.7. The Hall–Kier alpha value is -0.550. The van der Waals surface area contributed by atoms with Crippen LogP contribution in [0.2, 0.25) is 0 Å². The summed E-state index contributed by atoms with van der Waals surface area (Å²) in [4.78, 5) is 0. The van der Waals surface area contributed by atoms with Crippen molar-refractivity contribution in [1.82, 2.24) is 5.16 Å². The molecule has 0 aromatic carbocycles. The van der Waals surface area contributed by atoms with Crippen molar-refractivity contribution in [2.45, 2.75) is 45.8 Å². The number of aromatic nitrogens is 1. The molecule has 2 rings (SSSR count). The van der Waals surface area contributed by atoms with E-state index in [4.69, 9.17) is 15.2 Å². The molecule has 1 aromatic heterocycles. The molecule has 18 heavy (non-hydrogen) atoms. The average Bonchev–Trinajstić information content (AvgIpc) is 2.57. The van der Waals surface area contributed by atoms with E-state index in [0.29, 0.717) is 11.6 Å². The van der Waals surface area contributed by atoms with Crippen LogP contribution in [0.15, 0.2) is 4.52 Å². The lowest BCUT2D eigenvalue weighted by Crippen LogP contribution is -2.26. The van der Waals surface area contributed by atoms with Gasteiger partial charge in [-0.3, -0.25) is 0 Å². The zero-order chi connectivity index (χ0) is 13.6. The average molecular weight is 292 g/mol. The molecule has 0 bridgehead atoms. The van der Waals surface area contributed by atoms with Gasteiger partial charge in [0.05, 0.1) is 0 Å². The Labute approximate surface area is 112 Å². The van der Waals surface area contributed by atoms with Crippen LogP contribution in [0.25, 0.3) is 0 Å². The fourth-order valence-electron chi connectivity index (χ4n) is 2.48. The fraction of sp³-hybridized carbons (Fsp3) is 0.750. The molecule has 1 aromatic rings. The van der Waals surface area contributed by atoms with Gasteiger partial charge in [-0.1, -0.05) is 25.9 Å². The van der Waals surface area contributed by atoms with E-state index in [1.54, 1.807) is 0 Å². The van der Waals surface area contributed by atoms with Gasteiger partial charge in [0.2, 0.25) is 9.05 Å². The maximum atomic E-state index is 11.1. The quantitative estimate of drug-likeness (QED) is 0.786. The van der Waals surface area contributed by atoms with Gasteiger partial charge >= 0.3 is 0 Å². The van der Waals surface area contributed by atoms with E-state index < -0.39 is 9.05 Å². The smallest absolute Gasteiger partial charge is 0.238 e. The standard InChI is InChI=1S/C12H18ClNO3S/c1-12(2,3)8-4-5-11-9(6-8)10(14-17-11)7-18(13,15)16/h8H,4-7H2,1-3H3. The third-order valence-corrected chi connectivity index (χ3v) is 4.60. The van der Waals surface area contributed by atoms with Crippen LogP contribution in [0, 0.1) is 11.3 Å². The van der Waals surface area contributed by atoms with E-state index in [-0.39, 0.29) is 11.2 Å². The Morgan fingerprint density at radius 3 is 2.67 bits per heavy atom. The van der Waals surface area contributed by atoms with Gasteiger partial charge in [0, 0.05) is 22.7 Å². The zero-order valence-corrected chi connectivity index (χ0v) is 12.4. The largest absolute Gasteiger partial charge is 0.361 e. The number of nitrogens with zero attached hydrogens (tertiary/aromatic N) is 1. The van der Waals surface area contributed by atoms with Gasteiger partial charge < -0.3 is 4.52 Å². The highest BCUT2D eigenvalue weighted by Gasteiger charge is 2.33. The van der Waals surface area contributed by atoms with E-state index in [1.807, 2.05) is 0 Å². The summed E-state index contributed by atoms with van der Waals surface area (Å²) in [6, 6.07) is 0. The first-order valence-electron chi connectivity index (χ1n) is 6.05. The number of aryl methyl sites for hydroxylation is 1.